The molecule has 0 saturated heterocycles. The van der Waals surface area contributed by atoms with Crippen molar-refractivity contribution >= 4 is 0 Å². The molecular formula is C25H42O2. The fourth-order valence-corrected chi connectivity index (χ4v) is 4.27. The quantitative estimate of drug-likeness (QED) is 0.327. The molecule has 0 bridgehead atoms. The topological polar surface area (TPSA) is 18.5 Å². The lowest BCUT2D eigenvalue weighted by atomic mass is 9.76. The van der Waals surface area contributed by atoms with Gasteiger partial charge in [0.1, 0.15) is 11.5 Å². The first-order chi connectivity index (χ1) is 13.3. The standard InChI is InChI=1S/C25H42O2/c1-4-7-9-11-21-12-14-22(15-13-21)24-20-23(26-19-10-8-5-2)16-17-25(24)27-18-6-3/h16-17,20-22H,4-15,18-19H2,1-3H3. The van der Waals surface area contributed by atoms with E-state index in [0.29, 0.717) is 5.92 Å². The van der Waals surface area contributed by atoms with Crippen LogP contribution in [-0.2, 0) is 0 Å². The summed E-state index contributed by atoms with van der Waals surface area (Å²) in [6.45, 7) is 8.33. The molecule has 1 aliphatic rings. The highest BCUT2D eigenvalue weighted by atomic mass is 16.5. The number of ether oxygens (including phenoxy) is 2. The normalized spacial score (nSPS) is 19.8. The highest BCUT2D eigenvalue weighted by Gasteiger charge is 2.25. The SMILES string of the molecule is CCCCCOc1ccc(OCCC)c(C2CCC(CCCCC)CC2)c1. The Hall–Kier alpha value is -1.18. The maximum atomic E-state index is 6.09. The zero-order valence-electron chi connectivity index (χ0n) is 18.1. The van der Waals surface area contributed by atoms with Crippen molar-refractivity contribution in [2.45, 2.75) is 104 Å². The summed E-state index contributed by atoms with van der Waals surface area (Å²) in [4.78, 5) is 0. The smallest absolute Gasteiger partial charge is 0.123 e. The molecule has 0 atom stereocenters. The van der Waals surface area contributed by atoms with Gasteiger partial charge in [-0.1, -0.05) is 59.3 Å². The molecule has 1 aliphatic carbocycles. The highest BCUT2D eigenvalue weighted by Crippen LogP contribution is 2.42. The number of unbranched alkanes of at least 4 members (excludes halogenated alkanes) is 4. The minimum Gasteiger partial charge on any atom is -0.494 e. The Balaban J connectivity index is 1.97. The van der Waals surface area contributed by atoms with E-state index >= 15 is 0 Å². The van der Waals surface area contributed by atoms with Gasteiger partial charge < -0.3 is 9.47 Å². The second kappa shape index (κ2) is 13.1. The van der Waals surface area contributed by atoms with Crippen molar-refractivity contribution in [2.75, 3.05) is 13.2 Å². The number of hydrogen-bond acceptors (Lipinski definition) is 2. The molecule has 1 saturated carbocycles. The van der Waals surface area contributed by atoms with Crippen molar-refractivity contribution in [1.29, 1.82) is 0 Å². The molecule has 0 radical (unpaired) electrons. The van der Waals surface area contributed by atoms with E-state index in [1.54, 1.807) is 0 Å². The molecule has 1 fully saturated rings. The van der Waals surface area contributed by atoms with Crippen LogP contribution in [0.2, 0.25) is 0 Å². The van der Waals surface area contributed by atoms with Gasteiger partial charge in [-0.2, -0.15) is 0 Å². The number of benzene rings is 1. The fraction of sp³-hybridized carbons (Fsp3) is 0.760. The van der Waals surface area contributed by atoms with Gasteiger partial charge in [0.25, 0.3) is 0 Å². The molecule has 1 aromatic carbocycles. The van der Waals surface area contributed by atoms with Crippen molar-refractivity contribution in [2.24, 2.45) is 5.92 Å². The van der Waals surface area contributed by atoms with E-state index in [1.165, 1.54) is 69.8 Å². The van der Waals surface area contributed by atoms with Gasteiger partial charge in [0.2, 0.25) is 0 Å². The predicted octanol–water partition coefficient (Wildman–Crippen LogP) is 7.90. The maximum absolute atomic E-state index is 6.09. The van der Waals surface area contributed by atoms with Gasteiger partial charge >= 0.3 is 0 Å². The third-order valence-corrected chi connectivity index (χ3v) is 5.96. The second-order valence-electron chi connectivity index (χ2n) is 8.32. The molecule has 0 amide bonds. The van der Waals surface area contributed by atoms with Crippen LogP contribution in [0.25, 0.3) is 0 Å². The van der Waals surface area contributed by atoms with Crippen molar-refractivity contribution in [3.63, 3.8) is 0 Å². The third kappa shape index (κ3) is 7.76. The molecular weight excluding hydrogens is 332 g/mol. The summed E-state index contributed by atoms with van der Waals surface area (Å²) in [7, 11) is 0. The van der Waals surface area contributed by atoms with Crippen LogP contribution in [0.1, 0.15) is 109 Å². The Kier molecular flexibility index (Phi) is 10.7. The summed E-state index contributed by atoms with van der Waals surface area (Å²) in [5, 5.41) is 0. The van der Waals surface area contributed by atoms with Gasteiger partial charge in [0, 0.05) is 5.56 Å². The molecule has 2 rings (SSSR count). The predicted molar refractivity (Wildman–Crippen MR) is 116 cm³/mol. The Morgan fingerprint density at radius 1 is 0.778 bits per heavy atom. The van der Waals surface area contributed by atoms with Crippen LogP contribution in [-0.4, -0.2) is 13.2 Å². The molecule has 2 heteroatoms. The van der Waals surface area contributed by atoms with Crippen LogP contribution in [0.4, 0.5) is 0 Å². The Labute approximate surface area is 168 Å². The molecule has 0 aliphatic heterocycles. The van der Waals surface area contributed by atoms with Crippen molar-refractivity contribution in [3.8, 4) is 11.5 Å². The van der Waals surface area contributed by atoms with Crippen molar-refractivity contribution in [3.05, 3.63) is 23.8 Å². The second-order valence-corrected chi connectivity index (χ2v) is 8.32. The van der Waals surface area contributed by atoms with Crippen LogP contribution in [0.15, 0.2) is 18.2 Å². The van der Waals surface area contributed by atoms with Gasteiger partial charge in [-0.05, 0) is 68.6 Å². The van der Waals surface area contributed by atoms with E-state index in [9.17, 15) is 0 Å². The Morgan fingerprint density at radius 3 is 2.22 bits per heavy atom. The number of hydrogen-bond donors (Lipinski definition) is 0. The first kappa shape index (κ1) is 22.1. The molecule has 1 aromatic rings. The van der Waals surface area contributed by atoms with E-state index in [0.717, 1.165) is 43.5 Å². The van der Waals surface area contributed by atoms with Gasteiger partial charge in [-0.25, -0.2) is 0 Å². The lowest BCUT2D eigenvalue weighted by Gasteiger charge is -2.30. The molecule has 0 heterocycles. The average Bonchev–Trinajstić information content (AvgIpc) is 2.71. The third-order valence-electron chi connectivity index (χ3n) is 5.96. The zero-order valence-corrected chi connectivity index (χ0v) is 18.1. The van der Waals surface area contributed by atoms with Gasteiger partial charge in [0.05, 0.1) is 13.2 Å². The summed E-state index contributed by atoms with van der Waals surface area (Å²) in [5.74, 6) is 3.70. The molecule has 0 aromatic heterocycles. The van der Waals surface area contributed by atoms with E-state index < -0.39 is 0 Å². The van der Waals surface area contributed by atoms with E-state index in [1.807, 2.05) is 0 Å². The monoisotopic (exact) mass is 374 g/mol. The lowest BCUT2D eigenvalue weighted by molar-refractivity contribution is 0.280. The average molecular weight is 375 g/mol. The summed E-state index contributed by atoms with van der Waals surface area (Å²) in [6.07, 6.45) is 15.6. The zero-order chi connectivity index (χ0) is 19.3. The van der Waals surface area contributed by atoms with Crippen LogP contribution < -0.4 is 9.47 Å². The van der Waals surface area contributed by atoms with E-state index in [2.05, 4.69) is 39.0 Å². The van der Waals surface area contributed by atoms with E-state index in [-0.39, 0.29) is 0 Å². The van der Waals surface area contributed by atoms with Gasteiger partial charge in [-0.3, -0.25) is 0 Å². The minimum atomic E-state index is 0.637. The molecule has 154 valence electrons. The van der Waals surface area contributed by atoms with Crippen LogP contribution >= 0.6 is 0 Å². The van der Waals surface area contributed by atoms with Crippen molar-refractivity contribution < 1.29 is 9.47 Å². The number of rotatable bonds is 13. The first-order valence-electron chi connectivity index (χ1n) is 11.7. The highest BCUT2D eigenvalue weighted by molar-refractivity contribution is 5.42. The summed E-state index contributed by atoms with van der Waals surface area (Å²) >= 11 is 0. The van der Waals surface area contributed by atoms with E-state index in [4.69, 9.17) is 9.47 Å². The van der Waals surface area contributed by atoms with Crippen LogP contribution in [0.3, 0.4) is 0 Å². The lowest BCUT2D eigenvalue weighted by Crippen LogP contribution is -2.14. The van der Waals surface area contributed by atoms with Gasteiger partial charge in [-0.15, -0.1) is 0 Å². The summed E-state index contributed by atoms with van der Waals surface area (Å²) in [5.41, 5.74) is 1.39. The molecule has 2 nitrogen and oxygen atoms in total. The Bertz CT molecular complexity index is 503. The first-order valence-corrected chi connectivity index (χ1v) is 11.7. The summed E-state index contributed by atoms with van der Waals surface area (Å²) in [6, 6.07) is 6.52. The molecule has 0 spiro atoms. The minimum absolute atomic E-state index is 0.637. The maximum Gasteiger partial charge on any atom is 0.123 e. The fourth-order valence-electron chi connectivity index (χ4n) is 4.27. The molecule has 0 N–H and O–H groups in total. The van der Waals surface area contributed by atoms with Crippen LogP contribution in [0.5, 0.6) is 11.5 Å². The molecule has 0 unspecified atom stereocenters. The van der Waals surface area contributed by atoms with Crippen LogP contribution in [0, 0.1) is 5.92 Å². The molecule has 27 heavy (non-hydrogen) atoms. The Morgan fingerprint density at radius 2 is 1.52 bits per heavy atom. The van der Waals surface area contributed by atoms with Crippen molar-refractivity contribution in [1.82, 2.24) is 0 Å². The largest absolute Gasteiger partial charge is 0.494 e. The van der Waals surface area contributed by atoms with Gasteiger partial charge in [0.15, 0.2) is 0 Å². The summed E-state index contributed by atoms with van der Waals surface area (Å²) < 4.78 is 12.1.